The molecular formula is C46H54BBrN6O11. The van der Waals surface area contributed by atoms with Crippen LogP contribution in [0.3, 0.4) is 0 Å². The normalized spacial score (nSPS) is 13.4. The van der Waals surface area contributed by atoms with Crippen molar-refractivity contribution in [3.63, 3.8) is 0 Å². The molecule has 1 aromatic carbocycles. The second kappa shape index (κ2) is 21.5. The molecule has 0 saturated carbocycles. The molecule has 1 fully saturated rings. The molecule has 2 N–H and O–H groups in total. The van der Waals surface area contributed by atoms with Crippen molar-refractivity contribution < 1.29 is 52.0 Å². The monoisotopic (exact) mass is 956 g/mol. The van der Waals surface area contributed by atoms with Gasteiger partial charge in [-0.1, -0.05) is 45.8 Å². The van der Waals surface area contributed by atoms with E-state index in [1.54, 1.807) is 31.8 Å². The predicted octanol–water partition coefficient (Wildman–Crippen LogP) is 9.16. The van der Waals surface area contributed by atoms with Crippen LogP contribution in [0.2, 0.25) is 0 Å². The molecule has 7 heterocycles. The lowest BCUT2D eigenvalue weighted by atomic mass is 9.77. The Morgan fingerprint density at radius 3 is 1.51 bits per heavy atom. The molecule has 0 radical (unpaired) electrons. The van der Waals surface area contributed by atoms with Crippen molar-refractivity contribution in [2.75, 3.05) is 21.3 Å². The second-order valence-electron chi connectivity index (χ2n) is 15.7. The third-order valence-electron chi connectivity index (χ3n) is 10.5. The van der Waals surface area contributed by atoms with Gasteiger partial charge in [0.2, 0.25) is 0 Å². The van der Waals surface area contributed by atoms with Gasteiger partial charge in [0, 0.05) is 56.8 Å². The van der Waals surface area contributed by atoms with Gasteiger partial charge in [0.25, 0.3) is 17.6 Å². The van der Waals surface area contributed by atoms with Crippen molar-refractivity contribution in [3.05, 3.63) is 112 Å². The number of pyridine rings is 3. The summed E-state index contributed by atoms with van der Waals surface area (Å²) in [4.78, 5) is 12.1. The van der Waals surface area contributed by atoms with E-state index in [1.807, 2.05) is 106 Å². The van der Waals surface area contributed by atoms with Gasteiger partial charge in [-0.3, -0.25) is 0 Å². The Hall–Kier alpha value is -6.44. The molecular weight excluding hydrogens is 903 g/mol. The number of benzene rings is 1. The van der Waals surface area contributed by atoms with Crippen LogP contribution >= 0.6 is 15.9 Å². The zero-order valence-electron chi connectivity index (χ0n) is 38.8. The lowest BCUT2D eigenvalue weighted by Crippen LogP contribution is -2.41. The number of hydrogen-bond acceptors (Lipinski definition) is 17. The number of hydrogen-bond donors (Lipinski definition) is 2. The van der Waals surface area contributed by atoms with E-state index in [9.17, 15) is 5.11 Å². The van der Waals surface area contributed by atoms with Crippen LogP contribution in [0.25, 0.3) is 22.3 Å². The van der Waals surface area contributed by atoms with E-state index < -0.39 is 0 Å². The molecule has 0 aliphatic carbocycles. The summed E-state index contributed by atoms with van der Waals surface area (Å²) < 4.78 is 48.8. The van der Waals surface area contributed by atoms with E-state index in [1.165, 1.54) is 20.3 Å². The Labute approximate surface area is 386 Å². The van der Waals surface area contributed by atoms with Gasteiger partial charge in [-0.15, -0.1) is 0 Å². The van der Waals surface area contributed by atoms with Crippen LogP contribution in [0.1, 0.15) is 67.6 Å². The summed E-state index contributed by atoms with van der Waals surface area (Å²) in [6.45, 7) is 19.8. The van der Waals surface area contributed by atoms with Gasteiger partial charge in [-0.25, -0.2) is 15.0 Å². The maximum atomic E-state index is 9.63. The van der Waals surface area contributed by atoms with E-state index >= 15 is 0 Å². The minimum absolute atomic E-state index is 0.000000000000000222. The van der Waals surface area contributed by atoms with Crippen LogP contribution in [0.5, 0.6) is 34.9 Å². The van der Waals surface area contributed by atoms with E-state index in [0.29, 0.717) is 24.0 Å². The minimum Gasteiger partial charge on any atom is -0.503 e. The quantitative estimate of drug-likeness (QED) is 0.129. The van der Waals surface area contributed by atoms with Crippen molar-refractivity contribution in [2.45, 2.75) is 87.0 Å². The van der Waals surface area contributed by atoms with Crippen LogP contribution in [-0.2, 0) is 15.9 Å². The topological polar surface area (TPSA) is 213 Å². The molecule has 1 saturated heterocycles. The number of aromatic hydroxyl groups is 2. The van der Waals surface area contributed by atoms with Crippen LogP contribution in [0.4, 0.5) is 0 Å². The van der Waals surface area contributed by atoms with Gasteiger partial charge in [-0.05, 0) is 103 Å². The highest BCUT2D eigenvalue weighted by molar-refractivity contribution is 9.10. The zero-order chi connectivity index (χ0) is 47.6. The van der Waals surface area contributed by atoms with Crippen LogP contribution in [0, 0.1) is 41.5 Å². The van der Waals surface area contributed by atoms with Crippen molar-refractivity contribution >= 4 is 28.5 Å². The molecule has 0 bridgehead atoms. The number of halogens is 1. The number of aromatic nitrogens is 6. The number of aryl methyl sites for hydroxylation is 6. The molecule has 1 aliphatic heterocycles. The standard InChI is InChI=1S/C18H18N2O3.C11H18BNO3.C11H12N2O3.C6H6BrNO2/c1-12-17(13(2)23-20-12)15-9-16(18(21-3)19-10-15)22-11-14-7-5-4-6-8-14;1-7-9(8(2)14-13-7)12-15-10(3,4)11(5,6)16-12;1-6-10(7(2)16-13-6)8-4-9(14)11(15-3)12-5-8;1-10-6-5(9)2-4(7)3-8-6/h4-10H,11H2,1-3H3;1-6H3;4-5,14H,1-3H3;2-3,9H,1H3. The van der Waals surface area contributed by atoms with E-state index in [4.69, 9.17) is 46.9 Å². The van der Waals surface area contributed by atoms with Crippen molar-refractivity contribution in [1.29, 1.82) is 0 Å². The summed E-state index contributed by atoms with van der Waals surface area (Å²) >= 11 is 3.15. The van der Waals surface area contributed by atoms with Gasteiger partial charge in [0.05, 0.1) is 49.6 Å². The molecule has 0 spiro atoms. The highest BCUT2D eigenvalue weighted by Gasteiger charge is 2.53. The van der Waals surface area contributed by atoms with Gasteiger partial charge in [0.15, 0.2) is 17.2 Å². The molecule has 344 valence electrons. The van der Waals surface area contributed by atoms with E-state index in [-0.39, 0.29) is 41.6 Å². The fourth-order valence-corrected chi connectivity index (χ4v) is 6.77. The van der Waals surface area contributed by atoms with E-state index in [0.717, 1.165) is 66.4 Å². The van der Waals surface area contributed by atoms with E-state index in [2.05, 4.69) is 46.4 Å². The summed E-state index contributed by atoms with van der Waals surface area (Å²) in [7, 11) is 4.11. The summed E-state index contributed by atoms with van der Waals surface area (Å²) in [5.41, 5.74) is 7.20. The molecule has 0 amide bonds. The smallest absolute Gasteiger partial charge is 0.500 e. The minimum atomic E-state index is -0.378. The van der Waals surface area contributed by atoms with Crippen LogP contribution in [-0.4, -0.2) is 80.3 Å². The Balaban J connectivity index is 0.000000169. The average Bonchev–Trinajstić information content (AvgIpc) is 3.97. The van der Waals surface area contributed by atoms with Crippen molar-refractivity contribution in [1.82, 2.24) is 30.4 Å². The first-order chi connectivity index (χ1) is 30.8. The van der Waals surface area contributed by atoms with Gasteiger partial charge in [-0.2, -0.15) is 0 Å². The number of nitrogens with zero attached hydrogens (tertiary/aromatic N) is 6. The maximum Gasteiger partial charge on any atom is 0.500 e. The van der Waals surface area contributed by atoms with Gasteiger partial charge >= 0.3 is 7.12 Å². The van der Waals surface area contributed by atoms with Crippen LogP contribution < -0.4 is 24.4 Å². The Morgan fingerprint density at radius 2 is 1.06 bits per heavy atom. The average molecular weight is 958 g/mol. The Bertz CT molecular complexity index is 2590. The fourth-order valence-electron chi connectivity index (χ4n) is 6.45. The first-order valence-electron chi connectivity index (χ1n) is 20.3. The molecule has 65 heavy (non-hydrogen) atoms. The summed E-state index contributed by atoms with van der Waals surface area (Å²) in [6, 6.07) is 15.0. The largest absolute Gasteiger partial charge is 0.503 e. The molecule has 6 aromatic heterocycles. The maximum absolute atomic E-state index is 9.63. The third kappa shape index (κ3) is 12.0. The lowest BCUT2D eigenvalue weighted by Gasteiger charge is -2.32. The van der Waals surface area contributed by atoms with Gasteiger partial charge in [0.1, 0.15) is 23.9 Å². The fraction of sp³-hybridized carbons (Fsp3) is 0.348. The Morgan fingerprint density at radius 1 is 0.600 bits per heavy atom. The van der Waals surface area contributed by atoms with Crippen LogP contribution in [0.15, 0.2) is 85.2 Å². The van der Waals surface area contributed by atoms with Crippen molar-refractivity contribution in [3.8, 4) is 57.1 Å². The molecule has 1 aliphatic rings. The third-order valence-corrected chi connectivity index (χ3v) is 10.9. The number of rotatable bonds is 9. The second-order valence-corrected chi connectivity index (χ2v) is 16.6. The van der Waals surface area contributed by atoms with Gasteiger partial charge < -0.3 is 52.0 Å². The summed E-state index contributed by atoms with van der Waals surface area (Å²) in [6.07, 6.45) is 4.91. The Kier molecular flexibility index (Phi) is 16.4. The SMILES string of the molecule is COc1ncc(-c2c(C)noc2C)cc1O.COc1ncc(-c2c(C)noc2C)cc1OCc1ccccc1.COc1ncc(Br)cc1O.Cc1noc(C)c1B1OC(C)(C)C(C)(C)O1. The highest BCUT2D eigenvalue weighted by atomic mass is 79.9. The molecule has 19 heteroatoms. The molecule has 7 aromatic rings. The molecule has 17 nitrogen and oxygen atoms in total. The molecule has 0 unspecified atom stereocenters. The lowest BCUT2D eigenvalue weighted by molar-refractivity contribution is 0.00578. The van der Waals surface area contributed by atoms with Crippen molar-refractivity contribution in [2.24, 2.45) is 0 Å². The summed E-state index contributed by atoms with van der Waals surface area (Å²) in [5, 5.41) is 30.5. The first-order valence-corrected chi connectivity index (χ1v) is 21.1. The first kappa shape index (κ1) is 49.6. The predicted molar refractivity (Wildman–Crippen MR) is 246 cm³/mol. The zero-order valence-corrected chi connectivity index (χ0v) is 40.4. The summed E-state index contributed by atoms with van der Waals surface area (Å²) in [5.74, 6) is 3.74. The molecule has 0 atom stereocenters. The number of methoxy groups -OCH3 is 3. The molecule has 8 rings (SSSR count). The number of ether oxygens (including phenoxy) is 4. The highest BCUT2D eigenvalue weighted by Crippen LogP contribution is 2.37.